The van der Waals surface area contributed by atoms with Crippen molar-refractivity contribution in [2.45, 2.75) is 62.9 Å². The number of halogens is 1. The van der Waals surface area contributed by atoms with Crippen molar-refractivity contribution in [3.8, 4) is 11.6 Å². The van der Waals surface area contributed by atoms with Gasteiger partial charge in [0.1, 0.15) is 23.6 Å². The fourth-order valence-corrected chi connectivity index (χ4v) is 5.32. The molecule has 2 atom stereocenters. The predicted octanol–water partition coefficient (Wildman–Crippen LogP) is 2.24. The molecule has 2 fully saturated rings. The molecule has 1 N–H and O–H groups in total. The molecule has 32 heavy (non-hydrogen) atoms. The standard InChI is InChI=1S/C22H21FN6O3/c23-12-4-11-9-28-16-2-1-3-17(16)32-18-10-29-19(27-20(18)28)15(8-25-29)21(30)26-13-5-14(6-13)31-22(11)24-7-12/h4,7-8,10,13-14,16-17H,1-3,5-6,9H2,(H,26,30)/t13?,14?,16-,17+/m1/s1. The van der Waals surface area contributed by atoms with Gasteiger partial charge >= 0.3 is 0 Å². The van der Waals surface area contributed by atoms with Crippen LogP contribution in [0.15, 0.2) is 24.7 Å². The quantitative estimate of drug-likeness (QED) is 0.578. The Morgan fingerprint density at radius 3 is 3.00 bits per heavy atom. The summed E-state index contributed by atoms with van der Waals surface area (Å²) in [4.78, 5) is 24.2. The number of rotatable bonds is 0. The molecule has 0 unspecified atom stereocenters. The Morgan fingerprint density at radius 2 is 2.09 bits per heavy atom. The molecule has 0 saturated heterocycles. The van der Waals surface area contributed by atoms with Gasteiger partial charge in [-0.1, -0.05) is 0 Å². The molecule has 3 aromatic rings. The average molecular weight is 436 g/mol. The maximum absolute atomic E-state index is 14.2. The van der Waals surface area contributed by atoms with Crippen LogP contribution in [0.1, 0.15) is 48.0 Å². The van der Waals surface area contributed by atoms with Crippen molar-refractivity contribution in [2.75, 3.05) is 4.90 Å². The number of nitrogens with zero attached hydrogens (tertiary/aromatic N) is 5. The van der Waals surface area contributed by atoms with Crippen LogP contribution in [-0.4, -0.2) is 49.8 Å². The zero-order chi connectivity index (χ0) is 21.4. The fourth-order valence-electron chi connectivity index (χ4n) is 5.32. The number of ether oxygens (including phenoxy) is 2. The van der Waals surface area contributed by atoms with Crippen LogP contribution in [0.3, 0.4) is 0 Å². The number of hydrogen-bond donors (Lipinski definition) is 1. The molecule has 164 valence electrons. The summed E-state index contributed by atoms with van der Waals surface area (Å²) in [5.41, 5.74) is 1.59. The maximum Gasteiger partial charge on any atom is 0.256 e. The number of anilines is 1. The molecule has 10 heteroatoms. The second-order valence-electron chi connectivity index (χ2n) is 9.04. The molecular formula is C22H21FN6O3. The van der Waals surface area contributed by atoms with E-state index in [1.165, 1.54) is 12.3 Å². The monoisotopic (exact) mass is 436 g/mol. The third-order valence-electron chi connectivity index (χ3n) is 6.99. The van der Waals surface area contributed by atoms with Crippen LogP contribution in [0.4, 0.5) is 10.2 Å². The van der Waals surface area contributed by atoms with Crippen molar-refractivity contribution in [3.63, 3.8) is 0 Å². The number of fused-ring (bicyclic) bond motifs is 2. The van der Waals surface area contributed by atoms with Gasteiger partial charge < -0.3 is 19.7 Å². The summed E-state index contributed by atoms with van der Waals surface area (Å²) in [6.07, 6.45) is 8.75. The van der Waals surface area contributed by atoms with Crippen molar-refractivity contribution in [1.82, 2.24) is 24.9 Å². The van der Waals surface area contributed by atoms with Crippen molar-refractivity contribution in [2.24, 2.45) is 0 Å². The lowest BCUT2D eigenvalue weighted by Gasteiger charge is -2.40. The van der Waals surface area contributed by atoms with Crippen LogP contribution < -0.4 is 19.7 Å². The van der Waals surface area contributed by atoms with Gasteiger partial charge in [-0.3, -0.25) is 4.79 Å². The predicted molar refractivity (Wildman–Crippen MR) is 110 cm³/mol. The van der Waals surface area contributed by atoms with Crippen LogP contribution in [0.2, 0.25) is 0 Å². The van der Waals surface area contributed by atoms with Gasteiger partial charge in [0.15, 0.2) is 17.2 Å². The molecule has 5 aliphatic rings. The number of carbonyl (C=O) groups is 1. The van der Waals surface area contributed by atoms with E-state index < -0.39 is 5.82 Å². The Labute approximate surface area is 182 Å². The topological polar surface area (TPSA) is 93.9 Å². The van der Waals surface area contributed by atoms with Gasteiger partial charge in [0, 0.05) is 24.4 Å². The molecule has 3 aromatic heterocycles. The number of amides is 1. The first-order chi connectivity index (χ1) is 15.6. The molecule has 0 radical (unpaired) electrons. The number of aromatic nitrogens is 4. The molecular weight excluding hydrogens is 415 g/mol. The highest BCUT2D eigenvalue weighted by Crippen LogP contribution is 2.42. The summed E-state index contributed by atoms with van der Waals surface area (Å²) in [6.45, 7) is 0.395. The number of nitrogens with one attached hydrogen (secondary N) is 1. The molecule has 9 nitrogen and oxygen atoms in total. The van der Waals surface area contributed by atoms with Crippen LogP contribution >= 0.6 is 0 Å². The summed E-state index contributed by atoms with van der Waals surface area (Å²) in [7, 11) is 0. The minimum atomic E-state index is -0.398. The molecule has 0 spiro atoms. The first-order valence-electron chi connectivity index (χ1n) is 11.1. The zero-order valence-electron chi connectivity index (χ0n) is 17.2. The highest BCUT2D eigenvalue weighted by atomic mass is 19.1. The minimum Gasteiger partial charge on any atom is -0.483 e. The van der Waals surface area contributed by atoms with E-state index in [-0.39, 0.29) is 30.2 Å². The van der Waals surface area contributed by atoms with E-state index in [1.54, 1.807) is 16.9 Å². The molecule has 2 saturated carbocycles. The smallest absolute Gasteiger partial charge is 0.256 e. The van der Waals surface area contributed by atoms with Crippen molar-refractivity contribution >= 4 is 17.4 Å². The van der Waals surface area contributed by atoms with Crippen molar-refractivity contribution in [3.05, 3.63) is 41.6 Å². The third-order valence-corrected chi connectivity index (χ3v) is 6.99. The average Bonchev–Trinajstić information content (AvgIpc) is 3.38. The van der Waals surface area contributed by atoms with Gasteiger partial charge in [0.25, 0.3) is 5.91 Å². The van der Waals surface area contributed by atoms with Crippen LogP contribution in [-0.2, 0) is 6.54 Å². The van der Waals surface area contributed by atoms with E-state index in [4.69, 9.17) is 14.5 Å². The Kier molecular flexibility index (Phi) is 3.71. The lowest BCUT2D eigenvalue weighted by Crippen LogP contribution is -2.49. The Bertz CT molecular complexity index is 1260. The first-order valence-corrected chi connectivity index (χ1v) is 11.1. The van der Waals surface area contributed by atoms with Crippen LogP contribution in [0.5, 0.6) is 11.6 Å². The van der Waals surface area contributed by atoms with Gasteiger partial charge in [-0.05, 0) is 25.3 Å². The van der Waals surface area contributed by atoms with Crippen molar-refractivity contribution in [1.29, 1.82) is 0 Å². The van der Waals surface area contributed by atoms with Crippen molar-refractivity contribution < 1.29 is 18.7 Å². The summed E-state index contributed by atoms with van der Waals surface area (Å²) in [5, 5.41) is 7.38. The number of carbonyl (C=O) groups excluding carboxylic acids is 1. The Morgan fingerprint density at radius 1 is 1.19 bits per heavy atom. The number of hydrogen-bond acceptors (Lipinski definition) is 7. The molecule has 4 bridgehead atoms. The summed E-state index contributed by atoms with van der Waals surface area (Å²) in [6, 6.07) is 1.61. The summed E-state index contributed by atoms with van der Waals surface area (Å²) >= 11 is 0. The number of pyridine rings is 1. The van der Waals surface area contributed by atoms with Gasteiger partial charge in [-0.25, -0.2) is 18.9 Å². The lowest BCUT2D eigenvalue weighted by atomic mass is 9.89. The highest BCUT2D eigenvalue weighted by molar-refractivity contribution is 6.00. The van der Waals surface area contributed by atoms with E-state index in [2.05, 4.69) is 20.3 Å². The summed E-state index contributed by atoms with van der Waals surface area (Å²) < 4.78 is 28.2. The summed E-state index contributed by atoms with van der Waals surface area (Å²) in [5.74, 6) is 1.08. The van der Waals surface area contributed by atoms with Gasteiger partial charge in [-0.15, -0.1) is 0 Å². The SMILES string of the molecule is O=C1NC2CC(C2)Oc2ncc(F)cc2CN2c3nc4c1cnn4cc3O[C@H]1CCC[C@H]12. The molecule has 6 heterocycles. The van der Waals surface area contributed by atoms with Gasteiger partial charge in [0.05, 0.1) is 31.2 Å². The maximum atomic E-state index is 14.2. The highest BCUT2D eigenvalue weighted by Gasteiger charge is 2.42. The molecule has 2 aliphatic carbocycles. The van der Waals surface area contributed by atoms with Gasteiger partial charge in [-0.2, -0.15) is 5.10 Å². The Balaban J connectivity index is 1.42. The van der Waals surface area contributed by atoms with E-state index in [0.29, 0.717) is 53.6 Å². The first kappa shape index (κ1) is 18.2. The van der Waals surface area contributed by atoms with E-state index in [1.807, 2.05) is 0 Å². The molecule has 8 rings (SSSR count). The Hall–Kier alpha value is -3.43. The van der Waals surface area contributed by atoms with E-state index in [9.17, 15) is 9.18 Å². The molecule has 1 amide bonds. The normalized spacial score (nSPS) is 28.2. The second kappa shape index (κ2) is 6.54. The minimum absolute atomic E-state index is 0.00555. The fraction of sp³-hybridized carbons (Fsp3) is 0.455. The van der Waals surface area contributed by atoms with E-state index in [0.717, 1.165) is 19.3 Å². The zero-order valence-corrected chi connectivity index (χ0v) is 17.2. The molecule has 3 aliphatic heterocycles. The largest absolute Gasteiger partial charge is 0.483 e. The lowest BCUT2D eigenvalue weighted by molar-refractivity contribution is 0.0671. The molecule has 0 aromatic carbocycles. The van der Waals surface area contributed by atoms with Gasteiger partial charge in [0.2, 0.25) is 5.88 Å². The third kappa shape index (κ3) is 2.68. The van der Waals surface area contributed by atoms with Crippen LogP contribution in [0.25, 0.3) is 5.65 Å². The second-order valence-corrected chi connectivity index (χ2v) is 9.04. The van der Waals surface area contributed by atoms with E-state index >= 15 is 0 Å². The van der Waals surface area contributed by atoms with Crippen LogP contribution in [0, 0.1) is 5.82 Å².